The highest BCUT2D eigenvalue weighted by Gasteiger charge is 2.06. The summed E-state index contributed by atoms with van der Waals surface area (Å²) in [6.45, 7) is 9.89. The van der Waals surface area contributed by atoms with E-state index in [2.05, 4.69) is 57.3 Å². The van der Waals surface area contributed by atoms with E-state index >= 15 is 0 Å². The topological polar surface area (TPSA) is 21.3 Å². The molecule has 0 saturated carbocycles. The van der Waals surface area contributed by atoms with Crippen LogP contribution < -0.4 is 10.1 Å². The van der Waals surface area contributed by atoms with E-state index in [9.17, 15) is 0 Å². The third-order valence-corrected chi connectivity index (χ3v) is 3.88. The second-order valence-electron chi connectivity index (χ2n) is 6.02. The summed E-state index contributed by atoms with van der Waals surface area (Å²) in [5.74, 6) is 0.990. The van der Waals surface area contributed by atoms with Crippen LogP contribution in [-0.4, -0.2) is 12.6 Å². The molecule has 0 aliphatic carbocycles. The van der Waals surface area contributed by atoms with E-state index in [-0.39, 0.29) is 0 Å². The molecule has 0 aliphatic rings. The van der Waals surface area contributed by atoms with Crippen molar-refractivity contribution in [2.45, 2.75) is 78.4 Å². The molecule has 0 aliphatic heterocycles. The highest BCUT2D eigenvalue weighted by molar-refractivity contribution is 5.29. The van der Waals surface area contributed by atoms with Crippen LogP contribution in [0.15, 0.2) is 24.3 Å². The van der Waals surface area contributed by atoms with Crippen molar-refractivity contribution >= 4 is 0 Å². The van der Waals surface area contributed by atoms with E-state index in [1.165, 1.54) is 37.7 Å². The molecular weight excluding hydrogens is 258 g/mol. The van der Waals surface area contributed by atoms with Crippen LogP contribution in [0.25, 0.3) is 0 Å². The predicted octanol–water partition coefficient (Wildman–Crippen LogP) is 5.48. The maximum absolute atomic E-state index is 5.99. The van der Waals surface area contributed by atoms with Gasteiger partial charge in [-0.2, -0.15) is 0 Å². The molecule has 2 unspecified atom stereocenters. The Bertz CT molecular complexity index is 360. The molecule has 1 rings (SSSR count). The zero-order valence-corrected chi connectivity index (χ0v) is 14.3. The third kappa shape index (κ3) is 7.52. The van der Waals surface area contributed by atoms with Crippen molar-refractivity contribution in [2.75, 3.05) is 6.54 Å². The first kappa shape index (κ1) is 18.0. The SMILES string of the molecule is CCCCCCC(C)Oc1ccc(C(C)NCCC)cc1. The van der Waals surface area contributed by atoms with Gasteiger partial charge in [0.15, 0.2) is 0 Å². The summed E-state index contributed by atoms with van der Waals surface area (Å²) in [6.07, 6.45) is 7.85. The van der Waals surface area contributed by atoms with Crippen LogP contribution in [-0.2, 0) is 0 Å². The fourth-order valence-electron chi connectivity index (χ4n) is 2.46. The Balaban J connectivity index is 2.36. The largest absolute Gasteiger partial charge is 0.491 e. The van der Waals surface area contributed by atoms with Gasteiger partial charge in [0.2, 0.25) is 0 Å². The molecule has 0 heterocycles. The van der Waals surface area contributed by atoms with Crippen molar-refractivity contribution in [2.24, 2.45) is 0 Å². The Hall–Kier alpha value is -1.02. The molecule has 2 heteroatoms. The molecule has 1 aromatic carbocycles. The highest BCUT2D eigenvalue weighted by atomic mass is 16.5. The van der Waals surface area contributed by atoms with Gasteiger partial charge < -0.3 is 10.1 Å². The van der Waals surface area contributed by atoms with Crippen LogP contribution in [0.1, 0.15) is 77.8 Å². The monoisotopic (exact) mass is 291 g/mol. The van der Waals surface area contributed by atoms with Gasteiger partial charge in [-0.05, 0) is 57.4 Å². The molecular formula is C19H33NO. The van der Waals surface area contributed by atoms with Crippen molar-refractivity contribution in [1.29, 1.82) is 0 Å². The Morgan fingerprint density at radius 2 is 1.67 bits per heavy atom. The average Bonchev–Trinajstić information content (AvgIpc) is 2.50. The normalized spacial score (nSPS) is 13.9. The zero-order valence-electron chi connectivity index (χ0n) is 14.3. The van der Waals surface area contributed by atoms with Crippen molar-refractivity contribution in [1.82, 2.24) is 5.32 Å². The molecule has 0 amide bonds. The number of nitrogens with one attached hydrogen (secondary N) is 1. The smallest absolute Gasteiger partial charge is 0.119 e. The van der Waals surface area contributed by atoms with Crippen LogP contribution in [0.3, 0.4) is 0 Å². The van der Waals surface area contributed by atoms with E-state index in [0.717, 1.165) is 18.7 Å². The first-order chi connectivity index (χ1) is 10.2. The zero-order chi connectivity index (χ0) is 15.5. The van der Waals surface area contributed by atoms with E-state index < -0.39 is 0 Å². The second-order valence-corrected chi connectivity index (χ2v) is 6.02. The van der Waals surface area contributed by atoms with E-state index in [4.69, 9.17) is 4.74 Å². The number of hydrogen-bond donors (Lipinski definition) is 1. The van der Waals surface area contributed by atoms with E-state index in [1.54, 1.807) is 0 Å². The molecule has 120 valence electrons. The number of unbranched alkanes of at least 4 members (excludes halogenated alkanes) is 3. The van der Waals surface area contributed by atoms with Gasteiger partial charge in [0, 0.05) is 6.04 Å². The predicted molar refractivity (Wildman–Crippen MR) is 92.0 cm³/mol. The number of benzene rings is 1. The molecule has 0 spiro atoms. The van der Waals surface area contributed by atoms with Crippen molar-refractivity contribution < 1.29 is 4.74 Å². The molecule has 2 nitrogen and oxygen atoms in total. The van der Waals surface area contributed by atoms with Crippen LogP contribution in [0.5, 0.6) is 5.75 Å². The number of ether oxygens (including phenoxy) is 1. The fourth-order valence-corrected chi connectivity index (χ4v) is 2.46. The second kappa shape index (κ2) is 10.7. The van der Waals surface area contributed by atoms with Crippen LogP contribution in [0.4, 0.5) is 0 Å². The lowest BCUT2D eigenvalue weighted by molar-refractivity contribution is 0.206. The summed E-state index contributed by atoms with van der Waals surface area (Å²) in [5.41, 5.74) is 1.33. The van der Waals surface area contributed by atoms with Gasteiger partial charge in [-0.25, -0.2) is 0 Å². The van der Waals surface area contributed by atoms with Gasteiger partial charge in [-0.3, -0.25) is 0 Å². The van der Waals surface area contributed by atoms with Gasteiger partial charge in [-0.1, -0.05) is 45.2 Å². The van der Waals surface area contributed by atoms with Crippen LogP contribution >= 0.6 is 0 Å². The molecule has 21 heavy (non-hydrogen) atoms. The molecule has 0 fully saturated rings. The minimum atomic E-state index is 0.309. The number of hydrogen-bond acceptors (Lipinski definition) is 2. The minimum Gasteiger partial charge on any atom is -0.491 e. The number of rotatable bonds is 11. The highest BCUT2D eigenvalue weighted by Crippen LogP contribution is 2.19. The van der Waals surface area contributed by atoms with Crippen molar-refractivity contribution in [3.05, 3.63) is 29.8 Å². The lowest BCUT2D eigenvalue weighted by Gasteiger charge is -2.17. The van der Waals surface area contributed by atoms with Gasteiger partial charge in [0.25, 0.3) is 0 Å². The van der Waals surface area contributed by atoms with E-state index in [0.29, 0.717) is 12.1 Å². The summed E-state index contributed by atoms with van der Waals surface area (Å²) in [7, 11) is 0. The van der Waals surface area contributed by atoms with Gasteiger partial charge >= 0.3 is 0 Å². The van der Waals surface area contributed by atoms with Crippen molar-refractivity contribution in [3.63, 3.8) is 0 Å². The maximum atomic E-state index is 5.99. The molecule has 0 bridgehead atoms. The molecule has 2 atom stereocenters. The standard InChI is InChI=1S/C19H33NO/c1-5-7-8-9-10-16(3)21-19-13-11-18(12-14-19)17(4)20-15-6-2/h11-14,16-17,20H,5-10,15H2,1-4H3. The van der Waals surface area contributed by atoms with Crippen LogP contribution in [0, 0.1) is 0 Å². The van der Waals surface area contributed by atoms with Crippen LogP contribution in [0.2, 0.25) is 0 Å². The molecule has 1 aromatic rings. The van der Waals surface area contributed by atoms with E-state index in [1.807, 2.05) is 0 Å². The quantitative estimate of drug-likeness (QED) is 0.545. The van der Waals surface area contributed by atoms with Crippen molar-refractivity contribution in [3.8, 4) is 5.75 Å². The summed E-state index contributed by atoms with van der Waals surface area (Å²) < 4.78 is 5.99. The Morgan fingerprint density at radius 1 is 0.952 bits per heavy atom. The molecule has 1 N–H and O–H groups in total. The summed E-state index contributed by atoms with van der Waals surface area (Å²) in [5, 5.41) is 3.51. The van der Waals surface area contributed by atoms with Gasteiger partial charge in [0.1, 0.15) is 5.75 Å². The lowest BCUT2D eigenvalue weighted by Crippen LogP contribution is -2.19. The first-order valence-electron chi connectivity index (χ1n) is 8.67. The Kier molecular flexibility index (Phi) is 9.16. The van der Waals surface area contributed by atoms with Gasteiger partial charge in [-0.15, -0.1) is 0 Å². The summed E-state index contributed by atoms with van der Waals surface area (Å²) in [4.78, 5) is 0. The van der Waals surface area contributed by atoms with Gasteiger partial charge in [0.05, 0.1) is 6.10 Å². The third-order valence-electron chi connectivity index (χ3n) is 3.88. The summed E-state index contributed by atoms with van der Waals surface area (Å²) in [6, 6.07) is 8.95. The Labute approximate surface area is 131 Å². The average molecular weight is 291 g/mol. The first-order valence-corrected chi connectivity index (χ1v) is 8.67. The maximum Gasteiger partial charge on any atom is 0.119 e. The minimum absolute atomic E-state index is 0.309. The molecule has 0 aromatic heterocycles. The molecule has 0 radical (unpaired) electrons. The fraction of sp³-hybridized carbons (Fsp3) is 0.684. The summed E-state index contributed by atoms with van der Waals surface area (Å²) >= 11 is 0. The Morgan fingerprint density at radius 3 is 2.29 bits per heavy atom. The lowest BCUT2D eigenvalue weighted by atomic mass is 10.1. The molecule has 0 saturated heterocycles.